The Morgan fingerprint density at radius 2 is 2.24 bits per heavy atom. The van der Waals surface area contributed by atoms with Crippen LogP contribution in [0.25, 0.3) is 0 Å². The first-order valence-corrected chi connectivity index (χ1v) is 7.06. The summed E-state index contributed by atoms with van der Waals surface area (Å²) < 4.78 is 13.5. The number of halogens is 1. The van der Waals surface area contributed by atoms with E-state index < -0.39 is 0 Å². The largest absolute Gasteiger partial charge is 0.370 e. The third-order valence-corrected chi connectivity index (χ3v) is 3.81. The highest BCUT2D eigenvalue weighted by molar-refractivity contribution is 5.90. The van der Waals surface area contributed by atoms with Gasteiger partial charge in [-0.25, -0.2) is 9.18 Å². The first kappa shape index (κ1) is 15.3. The molecule has 3 amide bonds. The molecule has 1 aliphatic heterocycles. The Kier molecular flexibility index (Phi) is 4.77. The van der Waals surface area contributed by atoms with Crippen LogP contribution in [0.4, 0.5) is 14.9 Å². The zero-order valence-corrected chi connectivity index (χ0v) is 12.1. The Morgan fingerprint density at radius 1 is 1.48 bits per heavy atom. The maximum atomic E-state index is 13.5. The van der Waals surface area contributed by atoms with E-state index in [4.69, 9.17) is 5.73 Å². The van der Waals surface area contributed by atoms with Crippen molar-refractivity contribution < 1.29 is 14.0 Å². The minimum atomic E-state index is -0.349. The fraction of sp³-hybridized carbons (Fsp3) is 0.467. The van der Waals surface area contributed by atoms with Crippen molar-refractivity contribution in [3.63, 3.8) is 0 Å². The van der Waals surface area contributed by atoms with E-state index >= 15 is 0 Å². The van der Waals surface area contributed by atoms with Gasteiger partial charge in [-0.05, 0) is 37.8 Å². The van der Waals surface area contributed by atoms with Crippen LogP contribution in [0.1, 0.15) is 24.8 Å². The normalized spacial score (nSPS) is 18.4. The Bertz CT molecular complexity index is 548. The number of anilines is 1. The minimum Gasteiger partial charge on any atom is -0.370 e. The second kappa shape index (κ2) is 6.56. The topological polar surface area (TPSA) is 75.4 Å². The molecule has 1 aromatic carbocycles. The van der Waals surface area contributed by atoms with Gasteiger partial charge in [-0.15, -0.1) is 0 Å². The average molecular weight is 293 g/mol. The SMILES string of the molecule is Cc1c(F)cccc1NC(=O)N1CCC[C@@H](CC(N)=O)C1. The molecule has 1 fully saturated rings. The molecule has 0 aromatic heterocycles. The monoisotopic (exact) mass is 293 g/mol. The van der Waals surface area contributed by atoms with E-state index in [1.807, 2.05) is 0 Å². The summed E-state index contributed by atoms with van der Waals surface area (Å²) in [5.41, 5.74) is 6.09. The Balaban J connectivity index is 1.99. The van der Waals surface area contributed by atoms with E-state index in [9.17, 15) is 14.0 Å². The Hall–Kier alpha value is -2.11. The number of nitrogens with one attached hydrogen (secondary N) is 1. The molecular weight excluding hydrogens is 273 g/mol. The van der Waals surface area contributed by atoms with Crippen molar-refractivity contribution in [3.05, 3.63) is 29.6 Å². The summed E-state index contributed by atoms with van der Waals surface area (Å²) in [4.78, 5) is 24.9. The quantitative estimate of drug-likeness (QED) is 0.897. The summed E-state index contributed by atoms with van der Waals surface area (Å²) in [6.07, 6.45) is 2.03. The highest BCUT2D eigenvalue weighted by Crippen LogP contribution is 2.22. The molecule has 0 unspecified atom stereocenters. The number of carbonyl (C=O) groups is 2. The molecule has 0 aliphatic carbocycles. The van der Waals surface area contributed by atoms with Crippen molar-refractivity contribution in [2.75, 3.05) is 18.4 Å². The van der Waals surface area contributed by atoms with E-state index in [1.54, 1.807) is 24.0 Å². The van der Waals surface area contributed by atoms with Gasteiger partial charge in [0.15, 0.2) is 0 Å². The molecule has 1 aromatic rings. The Labute approximate surface area is 123 Å². The second-order valence-electron chi connectivity index (χ2n) is 5.47. The van der Waals surface area contributed by atoms with Gasteiger partial charge in [0.1, 0.15) is 5.82 Å². The average Bonchev–Trinajstić information content (AvgIpc) is 2.43. The zero-order valence-electron chi connectivity index (χ0n) is 12.1. The van der Waals surface area contributed by atoms with Gasteiger partial charge < -0.3 is 16.0 Å². The minimum absolute atomic E-state index is 0.107. The van der Waals surface area contributed by atoms with Crippen molar-refractivity contribution in [2.45, 2.75) is 26.2 Å². The molecule has 1 heterocycles. The van der Waals surface area contributed by atoms with Gasteiger partial charge in [0.05, 0.1) is 0 Å². The van der Waals surface area contributed by atoms with E-state index in [0.29, 0.717) is 30.8 Å². The number of piperidine rings is 1. The van der Waals surface area contributed by atoms with E-state index in [2.05, 4.69) is 5.32 Å². The predicted octanol–water partition coefficient (Wildman–Crippen LogP) is 2.25. The van der Waals surface area contributed by atoms with Gasteiger partial charge in [-0.1, -0.05) is 6.07 Å². The van der Waals surface area contributed by atoms with Crippen molar-refractivity contribution in [1.29, 1.82) is 0 Å². The summed E-state index contributed by atoms with van der Waals surface area (Å²) in [5.74, 6) is -0.586. The van der Waals surface area contributed by atoms with Crippen LogP contribution in [0.3, 0.4) is 0 Å². The molecule has 5 nitrogen and oxygen atoms in total. The lowest BCUT2D eigenvalue weighted by Gasteiger charge is -2.32. The lowest BCUT2D eigenvalue weighted by Crippen LogP contribution is -2.43. The molecule has 21 heavy (non-hydrogen) atoms. The smallest absolute Gasteiger partial charge is 0.321 e. The standard InChI is InChI=1S/C15H20FN3O2/c1-10-12(16)5-2-6-13(10)18-15(21)19-7-3-4-11(9-19)8-14(17)20/h2,5-6,11H,3-4,7-9H2,1H3,(H2,17,20)(H,18,21)/t11-/m0/s1. The number of hydrogen-bond donors (Lipinski definition) is 2. The van der Waals surface area contributed by atoms with Gasteiger partial charge in [-0.3, -0.25) is 4.79 Å². The summed E-state index contributed by atoms with van der Waals surface area (Å²) >= 11 is 0. The number of carbonyl (C=O) groups excluding carboxylic acids is 2. The number of nitrogens with two attached hydrogens (primary N) is 1. The van der Waals surface area contributed by atoms with Crippen LogP contribution in [-0.2, 0) is 4.79 Å². The summed E-state index contributed by atoms with van der Waals surface area (Å²) in [6, 6.07) is 4.32. The van der Waals surface area contributed by atoms with Gasteiger partial charge in [-0.2, -0.15) is 0 Å². The van der Waals surface area contributed by atoms with Crippen molar-refractivity contribution in [2.24, 2.45) is 11.7 Å². The van der Waals surface area contributed by atoms with Crippen molar-refractivity contribution in [1.82, 2.24) is 4.90 Å². The lowest BCUT2D eigenvalue weighted by molar-refractivity contribution is -0.119. The number of rotatable bonds is 3. The lowest BCUT2D eigenvalue weighted by atomic mass is 9.95. The number of benzene rings is 1. The maximum Gasteiger partial charge on any atom is 0.321 e. The molecule has 2 rings (SSSR count). The van der Waals surface area contributed by atoms with Gasteiger partial charge in [0.2, 0.25) is 5.91 Å². The van der Waals surface area contributed by atoms with Crippen LogP contribution in [0, 0.1) is 18.7 Å². The number of hydrogen-bond acceptors (Lipinski definition) is 2. The fourth-order valence-corrected chi connectivity index (χ4v) is 2.64. The summed E-state index contributed by atoms with van der Waals surface area (Å²) in [5, 5.41) is 2.73. The second-order valence-corrected chi connectivity index (χ2v) is 5.47. The van der Waals surface area contributed by atoms with Crippen LogP contribution in [0.2, 0.25) is 0 Å². The molecule has 0 radical (unpaired) electrons. The maximum absolute atomic E-state index is 13.5. The predicted molar refractivity (Wildman–Crippen MR) is 78.3 cm³/mol. The summed E-state index contributed by atoms with van der Waals surface area (Å²) in [7, 11) is 0. The van der Waals surface area contributed by atoms with Crippen molar-refractivity contribution >= 4 is 17.6 Å². The molecule has 3 N–H and O–H groups in total. The molecule has 114 valence electrons. The number of primary amides is 1. The third kappa shape index (κ3) is 3.93. The van der Waals surface area contributed by atoms with E-state index in [1.165, 1.54) is 6.07 Å². The van der Waals surface area contributed by atoms with Gasteiger partial charge >= 0.3 is 6.03 Å². The molecule has 0 spiro atoms. The van der Waals surface area contributed by atoms with Crippen LogP contribution in [0.15, 0.2) is 18.2 Å². The van der Waals surface area contributed by atoms with E-state index in [-0.39, 0.29) is 23.7 Å². The number of amides is 3. The van der Waals surface area contributed by atoms with Crippen LogP contribution in [0.5, 0.6) is 0 Å². The van der Waals surface area contributed by atoms with Crippen LogP contribution < -0.4 is 11.1 Å². The highest BCUT2D eigenvalue weighted by atomic mass is 19.1. The number of urea groups is 1. The molecule has 1 aliphatic rings. The molecule has 0 bridgehead atoms. The van der Waals surface area contributed by atoms with E-state index in [0.717, 1.165) is 12.8 Å². The number of nitrogens with zero attached hydrogens (tertiary/aromatic N) is 1. The highest BCUT2D eigenvalue weighted by Gasteiger charge is 2.25. The first-order chi connectivity index (χ1) is 9.97. The zero-order chi connectivity index (χ0) is 15.4. The van der Waals surface area contributed by atoms with Crippen LogP contribution in [-0.4, -0.2) is 29.9 Å². The first-order valence-electron chi connectivity index (χ1n) is 7.06. The summed E-state index contributed by atoms with van der Waals surface area (Å²) in [6.45, 7) is 2.76. The number of likely N-dealkylation sites (tertiary alicyclic amines) is 1. The molecule has 6 heteroatoms. The Morgan fingerprint density at radius 3 is 2.95 bits per heavy atom. The van der Waals surface area contributed by atoms with Gasteiger partial charge in [0, 0.05) is 30.8 Å². The third-order valence-electron chi connectivity index (χ3n) is 3.81. The molecule has 0 saturated carbocycles. The fourth-order valence-electron chi connectivity index (χ4n) is 2.64. The molecular formula is C15H20FN3O2. The molecule has 1 saturated heterocycles. The molecule has 1 atom stereocenters. The van der Waals surface area contributed by atoms with Crippen LogP contribution >= 0.6 is 0 Å². The van der Waals surface area contributed by atoms with Gasteiger partial charge in [0.25, 0.3) is 0 Å². The van der Waals surface area contributed by atoms with Crippen molar-refractivity contribution in [3.8, 4) is 0 Å².